The summed E-state index contributed by atoms with van der Waals surface area (Å²) >= 11 is 0. The summed E-state index contributed by atoms with van der Waals surface area (Å²) < 4.78 is 7.21. The Morgan fingerprint density at radius 1 is 1.60 bits per heavy atom. The molecule has 0 bridgehead atoms. The molecule has 1 saturated carbocycles. The van der Waals surface area contributed by atoms with E-state index in [0.29, 0.717) is 18.2 Å². The van der Waals surface area contributed by atoms with E-state index in [-0.39, 0.29) is 0 Å². The van der Waals surface area contributed by atoms with Gasteiger partial charge in [-0.05, 0) is 25.8 Å². The van der Waals surface area contributed by atoms with Crippen LogP contribution < -0.4 is 5.32 Å². The zero-order valence-electron chi connectivity index (χ0n) is 9.39. The Hall–Kier alpha value is -0.870. The second-order valence-corrected chi connectivity index (χ2v) is 4.32. The van der Waals surface area contributed by atoms with Crippen molar-refractivity contribution in [3.8, 4) is 0 Å². The van der Waals surface area contributed by atoms with E-state index in [1.165, 1.54) is 0 Å². The number of nitrogens with zero attached hydrogens (tertiary/aromatic N) is 2. The molecule has 1 heterocycles. The Morgan fingerprint density at radius 2 is 2.40 bits per heavy atom. The average Bonchev–Trinajstić information content (AvgIpc) is 2.63. The van der Waals surface area contributed by atoms with E-state index < -0.39 is 0 Å². The van der Waals surface area contributed by atoms with Crippen molar-refractivity contribution in [2.24, 2.45) is 0 Å². The van der Waals surface area contributed by atoms with Crippen LogP contribution in [0.1, 0.15) is 19.8 Å². The molecule has 0 radical (unpaired) electrons. The van der Waals surface area contributed by atoms with Gasteiger partial charge in [0.15, 0.2) is 0 Å². The fourth-order valence-electron chi connectivity index (χ4n) is 2.04. The van der Waals surface area contributed by atoms with Gasteiger partial charge in [0, 0.05) is 31.6 Å². The first-order valence-electron chi connectivity index (χ1n) is 5.54. The van der Waals surface area contributed by atoms with E-state index in [2.05, 4.69) is 17.3 Å². The topological polar surface area (TPSA) is 39.1 Å². The van der Waals surface area contributed by atoms with Crippen LogP contribution in [-0.4, -0.2) is 35.1 Å². The lowest BCUT2D eigenvalue weighted by Crippen LogP contribution is -2.49. The van der Waals surface area contributed by atoms with Gasteiger partial charge >= 0.3 is 0 Å². The quantitative estimate of drug-likeness (QED) is 0.787. The van der Waals surface area contributed by atoms with E-state index in [4.69, 9.17) is 4.74 Å². The second-order valence-electron chi connectivity index (χ2n) is 4.32. The summed E-state index contributed by atoms with van der Waals surface area (Å²) in [6.45, 7) is 3.13. The van der Waals surface area contributed by atoms with Crippen LogP contribution >= 0.6 is 0 Å². The molecule has 0 amide bonds. The molecule has 1 aliphatic carbocycles. The number of methoxy groups -OCH3 is 1. The van der Waals surface area contributed by atoms with E-state index in [0.717, 1.165) is 19.4 Å². The Balaban J connectivity index is 1.67. The summed E-state index contributed by atoms with van der Waals surface area (Å²) in [5, 5.41) is 7.77. The second kappa shape index (κ2) is 4.77. The minimum atomic E-state index is 0.465. The first-order chi connectivity index (χ1) is 7.28. The average molecular weight is 209 g/mol. The van der Waals surface area contributed by atoms with Crippen LogP contribution in [0, 0.1) is 0 Å². The molecule has 4 nitrogen and oxygen atoms in total. The number of hydrogen-bond acceptors (Lipinski definition) is 3. The van der Waals surface area contributed by atoms with Crippen molar-refractivity contribution in [2.75, 3.05) is 7.11 Å². The molecule has 0 aromatic carbocycles. The number of nitrogens with one attached hydrogen (secondary N) is 1. The number of aromatic nitrogens is 2. The zero-order chi connectivity index (χ0) is 10.7. The van der Waals surface area contributed by atoms with Crippen molar-refractivity contribution in [3.63, 3.8) is 0 Å². The molecule has 15 heavy (non-hydrogen) atoms. The van der Waals surface area contributed by atoms with Gasteiger partial charge < -0.3 is 10.1 Å². The molecule has 0 aliphatic heterocycles. The third-order valence-corrected chi connectivity index (χ3v) is 2.97. The van der Waals surface area contributed by atoms with E-state index in [1.807, 2.05) is 23.1 Å². The first-order valence-corrected chi connectivity index (χ1v) is 5.54. The summed E-state index contributed by atoms with van der Waals surface area (Å²) in [7, 11) is 1.79. The van der Waals surface area contributed by atoms with Crippen LogP contribution in [0.4, 0.5) is 0 Å². The SMILES string of the molecule is COC1CC(NC(C)Cn2cccn2)C1. The van der Waals surface area contributed by atoms with Gasteiger partial charge in [-0.1, -0.05) is 0 Å². The van der Waals surface area contributed by atoms with Crippen LogP contribution in [-0.2, 0) is 11.3 Å². The van der Waals surface area contributed by atoms with Crippen molar-refractivity contribution < 1.29 is 4.74 Å². The predicted octanol–water partition coefficient (Wildman–Crippen LogP) is 1.04. The molecule has 0 spiro atoms. The molecule has 1 aliphatic rings. The highest BCUT2D eigenvalue weighted by atomic mass is 16.5. The molecule has 4 heteroatoms. The van der Waals surface area contributed by atoms with Crippen molar-refractivity contribution in [1.82, 2.24) is 15.1 Å². The van der Waals surface area contributed by atoms with Gasteiger partial charge in [-0.2, -0.15) is 5.10 Å². The molecular formula is C11H19N3O. The molecule has 1 aromatic heterocycles. The molecule has 1 fully saturated rings. The van der Waals surface area contributed by atoms with E-state index in [1.54, 1.807) is 7.11 Å². The highest BCUT2D eigenvalue weighted by Crippen LogP contribution is 2.22. The Kier molecular flexibility index (Phi) is 3.38. The maximum Gasteiger partial charge on any atom is 0.0601 e. The van der Waals surface area contributed by atoms with Crippen LogP contribution in [0.25, 0.3) is 0 Å². The van der Waals surface area contributed by atoms with Crippen molar-refractivity contribution >= 4 is 0 Å². The molecule has 1 unspecified atom stereocenters. The van der Waals surface area contributed by atoms with Crippen LogP contribution in [0.5, 0.6) is 0 Å². The summed E-state index contributed by atoms with van der Waals surface area (Å²) in [4.78, 5) is 0. The highest BCUT2D eigenvalue weighted by Gasteiger charge is 2.29. The summed E-state index contributed by atoms with van der Waals surface area (Å²) in [5.41, 5.74) is 0. The van der Waals surface area contributed by atoms with Crippen molar-refractivity contribution in [1.29, 1.82) is 0 Å². The minimum Gasteiger partial charge on any atom is -0.381 e. The Bertz CT molecular complexity index is 280. The van der Waals surface area contributed by atoms with Crippen LogP contribution in [0.3, 0.4) is 0 Å². The predicted molar refractivity (Wildman–Crippen MR) is 58.6 cm³/mol. The number of hydrogen-bond donors (Lipinski definition) is 1. The van der Waals surface area contributed by atoms with Crippen LogP contribution in [0.2, 0.25) is 0 Å². The zero-order valence-corrected chi connectivity index (χ0v) is 9.39. The van der Waals surface area contributed by atoms with Crippen LogP contribution in [0.15, 0.2) is 18.5 Å². The first kappa shape index (κ1) is 10.6. The normalized spacial score (nSPS) is 27.3. The molecule has 2 rings (SSSR count). The third-order valence-electron chi connectivity index (χ3n) is 2.97. The Morgan fingerprint density at radius 3 is 3.00 bits per heavy atom. The summed E-state index contributed by atoms with van der Waals surface area (Å²) in [5.74, 6) is 0. The van der Waals surface area contributed by atoms with Gasteiger partial charge in [0.2, 0.25) is 0 Å². The molecule has 1 N–H and O–H groups in total. The molecule has 0 saturated heterocycles. The molecule has 1 aromatic rings. The van der Waals surface area contributed by atoms with Crippen molar-refractivity contribution in [3.05, 3.63) is 18.5 Å². The maximum absolute atomic E-state index is 5.25. The van der Waals surface area contributed by atoms with E-state index >= 15 is 0 Å². The molecule has 84 valence electrons. The number of rotatable bonds is 5. The van der Waals surface area contributed by atoms with Gasteiger partial charge in [0.05, 0.1) is 12.6 Å². The molecule has 1 atom stereocenters. The largest absolute Gasteiger partial charge is 0.381 e. The van der Waals surface area contributed by atoms with Gasteiger partial charge in [0.1, 0.15) is 0 Å². The third kappa shape index (κ3) is 2.79. The van der Waals surface area contributed by atoms with Crippen molar-refractivity contribution in [2.45, 2.75) is 44.5 Å². The lowest BCUT2D eigenvalue weighted by Gasteiger charge is -2.36. The maximum atomic E-state index is 5.25. The smallest absolute Gasteiger partial charge is 0.0601 e. The summed E-state index contributed by atoms with van der Waals surface area (Å²) in [6.07, 6.45) is 6.56. The standard InChI is InChI=1S/C11H19N3O/c1-9(8-14-5-3-4-12-14)13-10-6-11(7-10)15-2/h3-5,9-11,13H,6-8H2,1-2H3. The van der Waals surface area contributed by atoms with Gasteiger partial charge in [-0.3, -0.25) is 4.68 Å². The highest BCUT2D eigenvalue weighted by molar-refractivity contribution is 4.87. The van der Waals surface area contributed by atoms with Gasteiger partial charge in [-0.25, -0.2) is 0 Å². The van der Waals surface area contributed by atoms with E-state index in [9.17, 15) is 0 Å². The fourth-order valence-corrected chi connectivity index (χ4v) is 2.04. The monoisotopic (exact) mass is 209 g/mol. The Labute approximate surface area is 90.6 Å². The van der Waals surface area contributed by atoms with Gasteiger partial charge in [0.25, 0.3) is 0 Å². The lowest BCUT2D eigenvalue weighted by atomic mass is 9.89. The molecular weight excluding hydrogens is 190 g/mol. The minimum absolute atomic E-state index is 0.465. The fraction of sp³-hybridized carbons (Fsp3) is 0.727. The summed E-state index contributed by atoms with van der Waals surface area (Å²) in [6, 6.07) is 3.05. The lowest BCUT2D eigenvalue weighted by molar-refractivity contribution is 0.0141. The van der Waals surface area contributed by atoms with Gasteiger partial charge in [-0.15, -0.1) is 0 Å². The number of ether oxygens (including phenoxy) is 1.